The summed E-state index contributed by atoms with van der Waals surface area (Å²) in [7, 11) is 1.66. The minimum absolute atomic E-state index is 0. The fourth-order valence-electron chi connectivity index (χ4n) is 2.35. The highest BCUT2D eigenvalue weighted by atomic mass is 127. The summed E-state index contributed by atoms with van der Waals surface area (Å²) in [5, 5.41) is 6.29. The number of benzene rings is 1. The maximum absolute atomic E-state index is 12.5. The first-order valence-corrected chi connectivity index (χ1v) is 7.85. The monoisotopic (exact) mass is 469 g/mol. The number of guanidine groups is 1. The zero-order chi connectivity index (χ0) is 17.4. The van der Waals surface area contributed by atoms with E-state index in [9.17, 15) is 13.2 Å². The molecule has 1 aromatic rings. The number of nitrogens with zero attached hydrogens (tertiary/aromatic N) is 1. The maximum Gasteiger partial charge on any atom is 0.416 e. The Morgan fingerprint density at radius 3 is 2.48 bits per heavy atom. The molecule has 0 fully saturated rings. The molecular formula is C17H23F3IN3O. The van der Waals surface area contributed by atoms with Crippen molar-refractivity contribution in [3.05, 3.63) is 47.0 Å². The van der Waals surface area contributed by atoms with Crippen molar-refractivity contribution in [1.82, 2.24) is 10.6 Å². The smallest absolute Gasteiger partial charge is 0.377 e. The van der Waals surface area contributed by atoms with Crippen LogP contribution in [-0.2, 0) is 17.5 Å². The van der Waals surface area contributed by atoms with Gasteiger partial charge < -0.3 is 15.4 Å². The van der Waals surface area contributed by atoms with Gasteiger partial charge in [-0.25, -0.2) is 0 Å². The van der Waals surface area contributed by atoms with Gasteiger partial charge in [0.15, 0.2) is 5.96 Å². The topological polar surface area (TPSA) is 45.7 Å². The van der Waals surface area contributed by atoms with Gasteiger partial charge in [0, 0.05) is 20.1 Å². The van der Waals surface area contributed by atoms with Crippen LogP contribution in [0.4, 0.5) is 13.2 Å². The molecule has 0 saturated heterocycles. The van der Waals surface area contributed by atoms with Gasteiger partial charge in [-0.1, -0.05) is 23.8 Å². The first-order valence-electron chi connectivity index (χ1n) is 7.85. The van der Waals surface area contributed by atoms with Crippen LogP contribution in [0.5, 0.6) is 0 Å². The minimum atomic E-state index is -4.30. The van der Waals surface area contributed by atoms with Crippen LogP contribution < -0.4 is 10.6 Å². The van der Waals surface area contributed by atoms with Crippen molar-refractivity contribution in [2.45, 2.75) is 25.6 Å². The summed E-state index contributed by atoms with van der Waals surface area (Å²) in [5.41, 5.74) is 1.49. The van der Waals surface area contributed by atoms with E-state index in [-0.39, 0.29) is 24.0 Å². The number of nitrogens with one attached hydrogen (secondary N) is 2. The van der Waals surface area contributed by atoms with E-state index in [0.717, 1.165) is 43.7 Å². The Bertz CT molecular complexity index is 586. The average molecular weight is 469 g/mol. The summed E-state index contributed by atoms with van der Waals surface area (Å²) in [4.78, 5) is 4.11. The zero-order valence-corrected chi connectivity index (χ0v) is 16.4. The van der Waals surface area contributed by atoms with Crippen molar-refractivity contribution in [1.29, 1.82) is 0 Å². The lowest BCUT2D eigenvalue weighted by molar-refractivity contribution is -0.137. The molecule has 1 aliphatic heterocycles. The Hall–Kier alpha value is -1.29. The van der Waals surface area contributed by atoms with Crippen LogP contribution in [0.1, 0.15) is 24.0 Å². The van der Waals surface area contributed by atoms with Crippen molar-refractivity contribution in [3.8, 4) is 0 Å². The van der Waals surface area contributed by atoms with E-state index in [0.29, 0.717) is 19.1 Å². The van der Waals surface area contributed by atoms with Crippen LogP contribution in [0.3, 0.4) is 0 Å². The molecule has 1 aromatic carbocycles. The van der Waals surface area contributed by atoms with Gasteiger partial charge >= 0.3 is 6.18 Å². The maximum atomic E-state index is 12.5. The molecule has 0 atom stereocenters. The SMILES string of the molecule is CN=C(NCCC1=CCOCC1)NCc1ccc(C(F)(F)F)cc1.I. The normalized spacial score (nSPS) is 15.2. The second-order valence-electron chi connectivity index (χ2n) is 5.48. The number of hydrogen-bond acceptors (Lipinski definition) is 2. The predicted octanol–water partition coefficient (Wildman–Crippen LogP) is 3.73. The molecule has 2 N–H and O–H groups in total. The molecule has 0 radical (unpaired) electrons. The van der Waals surface area contributed by atoms with Crippen molar-refractivity contribution >= 4 is 29.9 Å². The summed E-state index contributed by atoms with van der Waals surface area (Å²) in [5.74, 6) is 0.627. The summed E-state index contributed by atoms with van der Waals surface area (Å²) >= 11 is 0. The molecule has 25 heavy (non-hydrogen) atoms. The van der Waals surface area contributed by atoms with Gasteiger partial charge in [-0.3, -0.25) is 4.99 Å². The molecule has 8 heteroatoms. The molecule has 0 unspecified atom stereocenters. The van der Waals surface area contributed by atoms with Crippen molar-refractivity contribution in [2.75, 3.05) is 26.8 Å². The summed E-state index contributed by atoms with van der Waals surface area (Å²) in [6.07, 6.45) is -0.324. The molecule has 0 saturated carbocycles. The first kappa shape index (κ1) is 21.8. The molecule has 1 heterocycles. The van der Waals surface area contributed by atoms with Crippen LogP contribution in [0.2, 0.25) is 0 Å². The largest absolute Gasteiger partial charge is 0.416 e. The molecule has 0 aliphatic carbocycles. The third-order valence-corrected chi connectivity index (χ3v) is 3.76. The standard InChI is InChI=1S/C17H22F3N3O.HI/c1-21-16(22-9-6-13-7-10-24-11-8-13)23-12-14-2-4-15(5-3-14)17(18,19)20;/h2-5,7H,6,8-12H2,1H3,(H2,21,22,23);1H. The van der Waals surface area contributed by atoms with Crippen molar-refractivity contribution < 1.29 is 17.9 Å². The lowest BCUT2D eigenvalue weighted by Gasteiger charge is -2.15. The molecule has 0 spiro atoms. The Morgan fingerprint density at radius 2 is 1.92 bits per heavy atom. The zero-order valence-electron chi connectivity index (χ0n) is 14.0. The lowest BCUT2D eigenvalue weighted by Crippen LogP contribution is -2.37. The highest BCUT2D eigenvalue weighted by molar-refractivity contribution is 14.0. The molecule has 0 amide bonds. The molecule has 0 bridgehead atoms. The first-order chi connectivity index (χ1) is 11.5. The number of ether oxygens (including phenoxy) is 1. The van der Waals surface area contributed by atoms with Gasteiger partial charge in [-0.2, -0.15) is 13.2 Å². The molecule has 140 valence electrons. The Labute approximate surface area is 162 Å². The molecule has 0 aromatic heterocycles. The second-order valence-corrected chi connectivity index (χ2v) is 5.48. The predicted molar refractivity (Wildman–Crippen MR) is 103 cm³/mol. The van der Waals surface area contributed by atoms with E-state index >= 15 is 0 Å². The number of halogens is 4. The Kier molecular flexibility index (Phi) is 9.26. The van der Waals surface area contributed by atoms with E-state index < -0.39 is 11.7 Å². The third-order valence-electron chi connectivity index (χ3n) is 3.76. The molecular weight excluding hydrogens is 446 g/mol. The number of alkyl halides is 3. The fourth-order valence-corrected chi connectivity index (χ4v) is 2.35. The Balaban J connectivity index is 0.00000312. The second kappa shape index (κ2) is 10.6. The minimum Gasteiger partial charge on any atom is -0.377 e. The number of rotatable bonds is 5. The van der Waals surface area contributed by atoms with Gasteiger partial charge in [-0.15, -0.1) is 24.0 Å². The highest BCUT2D eigenvalue weighted by Gasteiger charge is 2.29. The molecule has 2 rings (SSSR count). The average Bonchev–Trinajstić information content (AvgIpc) is 2.58. The van der Waals surface area contributed by atoms with Crippen LogP contribution in [0.15, 0.2) is 40.9 Å². The van der Waals surface area contributed by atoms with E-state index in [1.807, 2.05) is 0 Å². The van der Waals surface area contributed by atoms with Crippen molar-refractivity contribution in [3.63, 3.8) is 0 Å². The van der Waals surface area contributed by atoms with E-state index in [1.165, 1.54) is 17.7 Å². The lowest BCUT2D eigenvalue weighted by atomic mass is 10.1. The van der Waals surface area contributed by atoms with Crippen molar-refractivity contribution in [2.24, 2.45) is 4.99 Å². The quantitative estimate of drug-likeness (QED) is 0.299. The van der Waals surface area contributed by atoms with Crippen LogP contribution in [0.25, 0.3) is 0 Å². The van der Waals surface area contributed by atoms with Gasteiger partial charge in [0.05, 0.1) is 18.8 Å². The summed E-state index contributed by atoms with van der Waals surface area (Å²) < 4.78 is 42.8. The third kappa shape index (κ3) is 7.64. The van der Waals surface area contributed by atoms with Crippen LogP contribution in [-0.4, -0.2) is 32.8 Å². The van der Waals surface area contributed by atoms with E-state index in [2.05, 4.69) is 21.7 Å². The highest BCUT2D eigenvalue weighted by Crippen LogP contribution is 2.29. The fraction of sp³-hybridized carbons (Fsp3) is 0.471. The van der Waals surface area contributed by atoms with E-state index in [4.69, 9.17) is 4.74 Å². The number of aliphatic imine (C=N–C) groups is 1. The summed E-state index contributed by atoms with van der Waals surface area (Å²) in [6.45, 7) is 2.61. The van der Waals surface area contributed by atoms with Gasteiger partial charge in [0.1, 0.15) is 0 Å². The van der Waals surface area contributed by atoms with Gasteiger partial charge in [0.25, 0.3) is 0 Å². The molecule has 1 aliphatic rings. The van der Waals surface area contributed by atoms with Gasteiger partial charge in [-0.05, 0) is 30.5 Å². The van der Waals surface area contributed by atoms with E-state index in [1.54, 1.807) is 7.05 Å². The van der Waals surface area contributed by atoms with Gasteiger partial charge in [0.2, 0.25) is 0 Å². The van der Waals surface area contributed by atoms with Crippen LogP contribution >= 0.6 is 24.0 Å². The number of hydrogen-bond donors (Lipinski definition) is 2. The summed E-state index contributed by atoms with van der Waals surface area (Å²) in [6, 6.07) is 5.11. The van der Waals surface area contributed by atoms with Crippen LogP contribution in [0, 0.1) is 0 Å². The molecule has 4 nitrogen and oxygen atoms in total. The Morgan fingerprint density at radius 1 is 1.20 bits per heavy atom.